The second-order valence-electron chi connectivity index (χ2n) is 8.15. The van der Waals surface area contributed by atoms with Crippen molar-refractivity contribution in [3.8, 4) is 0 Å². The number of nitrogens with two attached hydrogens (primary N) is 1. The number of anilines is 2. The zero-order valence-electron chi connectivity index (χ0n) is 18.5. The minimum atomic E-state index is -0.0151. The van der Waals surface area contributed by atoms with Gasteiger partial charge in [-0.1, -0.05) is 0 Å². The van der Waals surface area contributed by atoms with Crippen molar-refractivity contribution in [2.45, 2.75) is 44.7 Å². The Morgan fingerprint density at radius 2 is 2.06 bits per heavy atom. The predicted octanol–water partition coefficient (Wildman–Crippen LogP) is 1.73. The van der Waals surface area contributed by atoms with E-state index in [2.05, 4.69) is 29.9 Å². The van der Waals surface area contributed by atoms with Gasteiger partial charge in [-0.05, 0) is 44.1 Å². The summed E-state index contributed by atoms with van der Waals surface area (Å²) in [6.07, 6.45) is 7.55. The number of aromatic nitrogens is 3. The van der Waals surface area contributed by atoms with Crippen LogP contribution in [0.1, 0.15) is 31.4 Å². The highest BCUT2D eigenvalue weighted by atomic mass is 32.1. The Hall–Kier alpha value is -2.34. The molecule has 32 heavy (non-hydrogen) atoms. The molecule has 1 aliphatic heterocycles. The van der Waals surface area contributed by atoms with Crippen LogP contribution in [-0.2, 0) is 4.74 Å². The number of aliphatic hydroxyl groups excluding tert-OH is 1. The summed E-state index contributed by atoms with van der Waals surface area (Å²) in [5.74, 6) is 1.25. The zero-order chi connectivity index (χ0) is 22.3. The van der Waals surface area contributed by atoms with Crippen molar-refractivity contribution in [3.63, 3.8) is 0 Å². The molecule has 2 aromatic rings. The van der Waals surface area contributed by atoms with Crippen molar-refractivity contribution < 1.29 is 9.84 Å². The lowest BCUT2D eigenvalue weighted by Crippen LogP contribution is -2.46. The summed E-state index contributed by atoms with van der Waals surface area (Å²) >= 11 is 1.36. The molecule has 1 aliphatic carbocycles. The standard InChI is InChI=1S/C21H32N8O2S/c1-14-18-19(24-15-2-4-17(5-3-15)29-7-10-31-11-8-29)26-21(27-20(18)32-28-14)25-16(12-22)13-23-6-9-30/h12-13,15,17,30H,2-11,22H2,1H3,(H2,24,25,26,27). The van der Waals surface area contributed by atoms with E-state index in [-0.39, 0.29) is 6.61 Å². The Morgan fingerprint density at radius 3 is 2.78 bits per heavy atom. The average molecular weight is 461 g/mol. The van der Waals surface area contributed by atoms with Gasteiger partial charge in [0, 0.05) is 37.6 Å². The molecule has 0 unspecified atom stereocenters. The second-order valence-corrected chi connectivity index (χ2v) is 8.90. The Labute approximate surface area is 192 Å². The van der Waals surface area contributed by atoms with Crippen molar-refractivity contribution in [2.24, 2.45) is 10.7 Å². The van der Waals surface area contributed by atoms with E-state index in [1.54, 1.807) is 6.21 Å². The lowest BCUT2D eigenvalue weighted by atomic mass is 9.90. The van der Waals surface area contributed by atoms with Gasteiger partial charge >= 0.3 is 0 Å². The monoisotopic (exact) mass is 460 g/mol. The molecule has 0 radical (unpaired) electrons. The molecule has 0 amide bonds. The molecule has 0 aromatic carbocycles. The Morgan fingerprint density at radius 1 is 1.28 bits per heavy atom. The summed E-state index contributed by atoms with van der Waals surface area (Å²) in [5, 5.41) is 16.7. The van der Waals surface area contributed by atoms with Gasteiger partial charge in [-0.3, -0.25) is 9.89 Å². The normalized spacial score (nSPS) is 23.1. The summed E-state index contributed by atoms with van der Waals surface area (Å²) < 4.78 is 9.98. The van der Waals surface area contributed by atoms with Crippen molar-refractivity contribution in [2.75, 3.05) is 50.1 Å². The molecule has 10 nitrogen and oxygen atoms in total. The van der Waals surface area contributed by atoms with Gasteiger partial charge in [0.1, 0.15) is 5.82 Å². The number of aliphatic imine (C=N–C) groups is 1. The number of morpholine rings is 1. The Balaban J connectivity index is 1.46. The van der Waals surface area contributed by atoms with Gasteiger partial charge in [-0.2, -0.15) is 14.3 Å². The number of hydrogen-bond acceptors (Lipinski definition) is 11. The van der Waals surface area contributed by atoms with Crippen LogP contribution in [-0.4, -0.2) is 82.1 Å². The molecule has 4 rings (SSSR count). The van der Waals surface area contributed by atoms with Gasteiger partial charge in [-0.25, -0.2) is 0 Å². The lowest BCUT2D eigenvalue weighted by molar-refractivity contribution is 0.00791. The number of allylic oxidation sites excluding steroid dienone is 1. The number of aliphatic hydroxyl groups is 1. The van der Waals surface area contributed by atoms with E-state index in [9.17, 15) is 0 Å². The first-order chi connectivity index (χ1) is 15.7. The van der Waals surface area contributed by atoms with Gasteiger partial charge in [0.25, 0.3) is 0 Å². The third-order valence-corrected chi connectivity index (χ3v) is 6.83. The van der Waals surface area contributed by atoms with Crippen LogP contribution in [0.4, 0.5) is 11.8 Å². The third kappa shape index (κ3) is 5.52. The van der Waals surface area contributed by atoms with E-state index in [0.717, 1.165) is 60.9 Å². The molecule has 174 valence electrons. The maximum Gasteiger partial charge on any atom is 0.230 e. The Kier molecular flexibility index (Phi) is 7.85. The van der Waals surface area contributed by atoms with Crippen LogP contribution in [0.5, 0.6) is 0 Å². The van der Waals surface area contributed by atoms with Gasteiger partial charge in [0.05, 0.1) is 43.1 Å². The highest BCUT2D eigenvalue weighted by Crippen LogP contribution is 2.31. The molecule has 2 aliphatic rings. The number of hydrogen-bond donors (Lipinski definition) is 4. The fourth-order valence-corrected chi connectivity index (χ4v) is 5.12. The molecule has 1 saturated heterocycles. The topological polar surface area (TPSA) is 134 Å². The van der Waals surface area contributed by atoms with E-state index >= 15 is 0 Å². The summed E-state index contributed by atoms with van der Waals surface area (Å²) in [4.78, 5) is 16.9. The number of aryl methyl sites for hydroxylation is 1. The summed E-state index contributed by atoms with van der Waals surface area (Å²) in [5.41, 5.74) is 7.21. The van der Waals surface area contributed by atoms with Crippen LogP contribution >= 0.6 is 11.5 Å². The summed E-state index contributed by atoms with van der Waals surface area (Å²) in [7, 11) is 0. The minimum Gasteiger partial charge on any atom is -0.403 e. The van der Waals surface area contributed by atoms with E-state index < -0.39 is 0 Å². The van der Waals surface area contributed by atoms with E-state index in [4.69, 9.17) is 20.6 Å². The largest absolute Gasteiger partial charge is 0.403 e. The highest BCUT2D eigenvalue weighted by Gasteiger charge is 2.27. The van der Waals surface area contributed by atoms with Crippen LogP contribution in [0.25, 0.3) is 10.2 Å². The van der Waals surface area contributed by atoms with Crippen LogP contribution in [0.3, 0.4) is 0 Å². The van der Waals surface area contributed by atoms with E-state index in [0.29, 0.717) is 30.3 Å². The average Bonchev–Trinajstić information content (AvgIpc) is 3.20. The highest BCUT2D eigenvalue weighted by molar-refractivity contribution is 7.13. The molecule has 2 aromatic heterocycles. The summed E-state index contributed by atoms with van der Waals surface area (Å²) in [6, 6.07) is 1.02. The SMILES string of the molecule is Cc1nsc2nc(NC(C=NCCO)=CN)nc(NC3CCC(N4CCOCC4)CC3)c12. The van der Waals surface area contributed by atoms with Gasteiger partial charge in [0.15, 0.2) is 4.83 Å². The molecular formula is C21H32N8O2S. The molecule has 0 spiro atoms. The first-order valence-corrected chi connectivity index (χ1v) is 12.0. The molecule has 11 heteroatoms. The number of nitrogens with one attached hydrogen (secondary N) is 2. The van der Waals surface area contributed by atoms with Gasteiger partial charge in [0.2, 0.25) is 5.95 Å². The van der Waals surface area contributed by atoms with Crippen molar-refractivity contribution >= 4 is 39.7 Å². The maximum atomic E-state index is 8.91. The molecule has 3 heterocycles. The lowest BCUT2D eigenvalue weighted by Gasteiger charge is -2.39. The fraction of sp³-hybridized carbons (Fsp3) is 0.619. The summed E-state index contributed by atoms with van der Waals surface area (Å²) in [6.45, 7) is 6.07. The number of nitrogens with zero attached hydrogens (tertiary/aromatic N) is 5. The van der Waals surface area contributed by atoms with Crippen molar-refractivity contribution in [1.29, 1.82) is 0 Å². The first kappa shape index (κ1) is 22.8. The van der Waals surface area contributed by atoms with Crippen LogP contribution in [0.15, 0.2) is 16.9 Å². The van der Waals surface area contributed by atoms with Gasteiger partial charge < -0.3 is 26.2 Å². The molecular weight excluding hydrogens is 428 g/mol. The van der Waals surface area contributed by atoms with E-state index in [1.807, 2.05) is 6.92 Å². The smallest absolute Gasteiger partial charge is 0.230 e. The van der Waals surface area contributed by atoms with Crippen LogP contribution in [0.2, 0.25) is 0 Å². The molecule has 1 saturated carbocycles. The fourth-order valence-electron chi connectivity index (χ4n) is 4.34. The van der Waals surface area contributed by atoms with Gasteiger partial charge in [-0.15, -0.1) is 0 Å². The number of ether oxygens (including phenoxy) is 1. The number of fused-ring (bicyclic) bond motifs is 1. The molecule has 0 bridgehead atoms. The number of rotatable bonds is 8. The minimum absolute atomic E-state index is 0.0151. The molecule has 0 atom stereocenters. The maximum absolute atomic E-state index is 8.91. The predicted molar refractivity (Wildman–Crippen MR) is 128 cm³/mol. The molecule has 5 N–H and O–H groups in total. The zero-order valence-corrected chi connectivity index (χ0v) is 19.3. The van der Waals surface area contributed by atoms with E-state index in [1.165, 1.54) is 30.6 Å². The second kappa shape index (κ2) is 11.0. The van der Waals surface area contributed by atoms with Crippen molar-refractivity contribution in [1.82, 2.24) is 19.2 Å². The quantitative estimate of drug-likeness (QED) is 0.434. The Bertz CT molecular complexity index is 949. The van der Waals surface area contributed by atoms with Crippen LogP contribution < -0.4 is 16.4 Å². The first-order valence-electron chi connectivity index (χ1n) is 11.2. The van der Waals surface area contributed by atoms with Crippen molar-refractivity contribution in [3.05, 3.63) is 17.6 Å². The third-order valence-electron chi connectivity index (χ3n) is 6.00. The molecule has 2 fully saturated rings. The van der Waals surface area contributed by atoms with Crippen LogP contribution in [0, 0.1) is 6.92 Å².